The van der Waals surface area contributed by atoms with Crippen molar-refractivity contribution in [1.29, 1.82) is 0 Å². The standard InChI is InChI=1S/C22H21BrN2O5S2/c1-17(26)24-22(18-9-8-10-19(23)15-18)16-25(31(27,28)20-11-4-2-5-12-20)32(29,30)21-13-6-3-7-14-21/h2-15,22H,16H2,1H3,(H,24,26). The number of amides is 1. The second kappa shape index (κ2) is 9.95. The van der Waals surface area contributed by atoms with Crippen molar-refractivity contribution in [1.82, 2.24) is 9.03 Å². The van der Waals surface area contributed by atoms with Crippen LogP contribution >= 0.6 is 15.9 Å². The van der Waals surface area contributed by atoms with E-state index in [0.29, 0.717) is 13.7 Å². The van der Waals surface area contributed by atoms with Gasteiger partial charge in [-0.05, 0) is 42.0 Å². The molecule has 32 heavy (non-hydrogen) atoms. The fraction of sp³-hybridized carbons (Fsp3) is 0.136. The highest BCUT2D eigenvalue weighted by Crippen LogP contribution is 2.28. The first-order chi connectivity index (χ1) is 15.1. The Balaban J connectivity index is 2.16. The van der Waals surface area contributed by atoms with Crippen molar-refractivity contribution in [3.05, 3.63) is 95.0 Å². The number of nitrogens with one attached hydrogen (secondary N) is 1. The molecule has 0 aliphatic heterocycles. The Kier molecular flexibility index (Phi) is 7.50. The number of carbonyl (C=O) groups excluding carboxylic acids is 1. The Morgan fingerprint density at radius 1 is 0.844 bits per heavy atom. The molecule has 0 heterocycles. The average Bonchev–Trinajstić information content (AvgIpc) is 2.77. The van der Waals surface area contributed by atoms with Crippen molar-refractivity contribution < 1.29 is 21.6 Å². The molecular weight excluding hydrogens is 516 g/mol. The van der Waals surface area contributed by atoms with Crippen LogP contribution in [0, 0.1) is 0 Å². The maximum atomic E-state index is 13.5. The van der Waals surface area contributed by atoms with E-state index < -0.39 is 38.5 Å². The van der Waals surface area contributed by atoms with E-state index in [1.54, 1.807) is 36.4 Å². The van der Waals surface area contributed by atoms with Crippen LogP contribution in [0.25, 0.3) is 0 Å². The normalized spacial score (nSPS) is 13.0. The second-order valence-electron chi connectivity index (χ2n) is 6.90. The first kappa shape index (κ1) is 24.1. The van der Waals surface area contributed by atoms with Gasteiger partial charge in [-0.25, -0.2) is 16.8 Å². The highest BCUT2D eigenvalue weighted by Gasteiger charge is 2.38. The molecule has 0 saturated heterocycles. The topological polar surface area (TPSA) is 101 Å². The third-order valence-electron chi connectivity index (χ3n) is 4.58. The van der Waals surface area contributed by atoms with Crippen LogP contribution in [0.1, 0.15) is 18.5 Å². The Morgan fingerprint density at radius 2 is 1.34 bits per heavy atom. The van der Waals surface area contributed by atoms with Gasteiger partial charge in [0.05, 0.1) is 22.4 Å². The van der Waals surface area contributed by atoms with Crippen molar-refractivity contribution in [3.8, 4) is 0 Å². The fourth-order valence-corrected chi connectivity index (χ4v) is 7.23. The molecule has 1 N–H and O–H groups in total. The molecule has 0 aliphatic carbocycles. The first-order valence-electron chi connectivity index (χ1n) is 9.53. The number of hydrogen-bond donors (Lipinski definition) is 1. The first-order valence-corrected chi connectivity index (χ1v) is 13.2. The van der Waals surface area contributed by atoms with Gasteiger partial charge in [-0.15, -0.1) is 0 Å². The van der Waals surface area contributed by atoms with Gasteiger partial charge in [0.25, 0.3) is 20.0 Å². The minimum atomic E-state index is -4.47. The second-order valence-corrected chi connectivity index (χ2v) is 11.8. The average molecular weight is 537 g/mol. The molecule has 0 saturated carbocycles. The monoisotopic (exact) mass is 536 g/mol. The van der Waals surface area contributed by atoms with Gasteiger partial charge < -0.3 is 5.32 Å². The van der Waals surface area contributed by atoms with Gasteiger partial charge in [0, 0.05) is 11.4 Å². The lowest BCUT2D eigenvalue weighted by Crippen LogP contribution is -2.43. The van der Waals surface area contributed by atoms with Crippen LogP contribution in [-0.4, -0.2) is 33.0 Å². The van der Waals surface area contributed by atoms with Gasteiger partial charge in [-0.3, -0.25) is 4.79 Å². The smallest absolute Gasteiger partial charge is 0.256 e. The molecule has 0 aromatic heterocycles. The number of nitrogens with zero attached hydrogens (tertiary/aromatic N) is 1. The predicted molar refractivity (Wildman–Crippen MR) is 125 cm³/mol. The van der Waals surface area contributed by atoms with Gasteiger partial charge in [0.15, 0.2) is 0 Å². The van der Waals surface area contributed by atoms with Crippen molar-refractivity contribution >= 4 is 41.9 Å². The number of rotatable bonds is 8. The summed E-state index contributed by atoms with van der Waals surface area (Å²) in [4.78, 5) is 11.6. The van der Waals surface area contributed by atoms with Crippen LogP contribution in [0.5, 0.6) is 0 Å². The van der Waals surface area contributed by atoms with Gasteiger partial charge in [0.2, 0.25) is 5.91 Å². The highest BCUT2D eigenvalue weighted by molar-refractivity contribution is 9.10. The van der Waals surface area contributed by atoms with Crippen molar-refractivity contribution in [2.75, 3.05) is 6.54 Å². The molecule has 0 spiro atoms. The molecule has 0 bridgehead atoms. The summed E-state index contributed by atoms with van der Waals surface area (Å²) in [5.41, 5.74) is 0.547. The van der Waals surface area contributed by atoms with E-state index in [2.05, 4.69) is 21.2 Å². The zero-order valence-electron chi connectivity index (χ0n) is 17.1. The molecule has 1 atom stereocenters. The zero-order chi connectivity index (χ0) is 23.4. The van der Waals surface area contributed by atoms with Crippen LogP contribution in [0.2, 0.25) is 0 Å². The molecule has 3 aromatic carbocycles. The quantitative estimate of drug-likeness (QED) is 0.472. The molecule has 0 radical (unpaired) electrons. The summed E-state index contributed by atoms with van der Waals surface area (Å²) in [6.45, 7) is 0.761. The summed E-state index contributed by atoms with van der Waals surface area (Å²) in [5, 5.41) is 2.67. The summed E-state index contributed by atoms with van der Waals surface area (Å²) < 4.78 is 55.1. The summed E-state index contributed by atoms with van der Waals surface area (Å²) in [6, 6.07) is 20.6. The maximum Gasteiger partial charge on any atom is 0.256 e. The van der Waals surface area contributed by atoms with E-state index in [0.717, 1.165) is 0 Å². The zero-order valence-corrected chi connectivity index (χ0v) is 20.3. The van der Waals surface area contributed by atoms with Crippen molar-refractivity contribution in [2.24, 2.45) is 0 Å². The molecule has 3 aromatic rings. The van der Waals surface area contributed by atoms with E-state index in [9.17, 15) is 21.6 Å². The van der Waals surface area contributed by atoms with Crippen LogP contribution in [-0.2, 0) is 24.8 Å². The van der Waals surface area contributed by atoms with Gasteiger partial charge >= 0.3 is 0 Å². The highest BCUT2D eigenvalue weighted by atomic mass is 79.9. The Bertz CT molecular complexity index is 1230. The molecule has 10 heteroatoms. The lowest BCUT2D eigenvalue weighted by Gasteiger charge is -2.27. The molecule has 1 unspecified atom stereocenters. The van der Waals surface area contributed by atoms with Crippen molar-refractivity contribution in [3.63, 3.8) is 0 Å². The minimum absolute atomic E-state index is 0.171. The van der Waals surface area contributed by atoms with E-state index >= 15 is 0 Å². The molecule has 1 amide bonds. The molecule has 168 valence electrons. The van der Waals surface area contributed by atoms with Crippen molar-refractivity contribution in [2.45, 2.75) is 22.8 Å². The predicted octanol–water partition coefficient (Wildman–Crippen LogP) is 3.71. The van der Waals surface area contributed by atoms with E-state index in [4.69, 9.17) is 0 Å². The van der Waals surface area contributed by atoms with Gasteiger partial charge in [-0.2, -0.15) is 0 Å². The lowest BCUT2D eigenvalue weighted by molar-refractivity contribution is -0.119. The summed E-state index contributed by atoms with van der Waals surface area (Å²) in [7, 11) is -8.95. The van der Waals surface area contributed by atoms with Crippen LogP contribution in [0.4, 0.5) is 0 Å². The molecular formula is C22H21BrN2O5S2. The van der Waals surface area contributed by atoms with E-state index in [-0.39, 0.29) is 9.79 Å². The molecule has 0 aliphatic rings. The van der Waals surface area contributed by atoms with Crippen LogP contribution < -0.4 is 5.32 Å². The number of halogens is 1. The third kappa shape index (κ3) is 5.44. The third-order valence-corrected chi connectivity index (χ3v) is 9.36. The lowest BCUT2D eigenvalue weighted by atomic mass is 10.1. The largest absolute Gasteiger partial charge is 0.348 e. The SMILES string of the molecule is CC(=O)NC(CN(S(=O)(=O)c1ccccc1)S(=O)(=O)c1ccccc1)c1cccc(Br)c1. The number of benzene rings is 3. The van der Waals surface area contributed by atoms with Crippen LogP contribution in [0.3, 0.4) is 0 Å². The molecule has 0 fully saturated rings. The van der Waals surface area contributed by atoms with Gasteiger partial charge in [0.1, 0.15) is 0 Å². The van der Waals surface area contributed by atoms with E-state index in [1.165, 1.54) is 55.5 Å². The van der Waals surface area contributed by atoms with Gasteiger partial charge in [-0.1, -0.05) is 68.2 Å². The minimum Gasteiger partial charge on any atom is -0.348 e. The Morgan fingerprint density at radius 3 is 1.78 bits per heavy atom. The summed E-state index contributed by atoms with van der Waals surface area (Å²) >= 11 is 3.35. The molecule has 7 nitrogen and oxygen atoms in total. The number of sulfonamides is 2. The Labute approximate surface area is 196 Å². The number of carbonyl (C=O) groups is 1. The van der Waals surface area contributed by atoms with Crippen LogP contribution in [0.15, 0.2) is 99.2 Å². The van der Waals surface area contributed by atoms with E-state index in [1.807, 2.05) is 0 Å². The maximum absolute atomic E-state index is 13.5. The summed E-state index contributed by atoms with van der Waals surface area (Å²) in [6.07, 6.45) is 0. The Hall–Kier alpha value is -2.53. The number of hydrogen-bond acceptors (Lipinski definition) is 5. The molecule has 3 rings (SSSR count). The fourth-order valence-electron chi connectivity index (χ4n) is 3.10. The summed E-state index contributed by atoms with van der Waals surface area (Å²) in [5.74, 6) is -0.427.